The minimum atomic E-state index is -0.775. The van der Waals surface area contributed by atoms with Crippen LogP contribution in [0.4, 0.5) is 11.4 Å². The fraction of sp³-hybridized carbons (Fsp3) is 0.432. The molecule has 4 heterocycles. The molecule has 0 spiro atoms. The number of rotatable bonds is 18. The van der Waals surface area contributed by atoms with Crippen molar-refractivity contribution < 1.29 is 28.6 Å². The van der Waals surface area contributed by atoms with Crippen molar-refractivity contribution in [3.05, 3.63) is 92.1 Å². The Morgan fingerprint density at radius 2 is 1.77 bits per heavy atom. The maximum absolute atomic E-state index is 14.0. The van der Waals surface area contributed by atoms with Gasteiger partial charge in [0, 0.05) is 43.4 Å². The molecular formula is C44H52Cl2N6O7S. The molecule has 5 aromatic rings. The van der Waals surface area contributed by atoms with E-state index in [0.717, 1.165) is 53.8 Å². The first-order valence-electron chi connectivity index (χ1n) is 20.1. The molecule has 0 aliphatic carbocycles. The quantitative estimate of drug-likeness (QED) is 0.0494. The Morgan fingerprint density at radius 3 is 2.45 bits per heavy atom. The number of unbranched alkanes of at least 4 members (excludes halogenated alkanes) is 4. The second kappa shape index (κ2) is 20.2. The SMILES string of the molecule is COc1ccc2c(Nc3c(Cl)cncc3Cl)cc(=O)oc2c1OCCCCCCCNC(C(=O)N1C[C@H](O)C[C@H]1C(=O)NCc1ccc(-c2scnc2C)cc1)C(C)(C)C. The third-order valence-corrected chi connectivity index (χ3v) is 12.0. The van der Waals surface area contributed by atoms with E-state index in [2.05, 4.69) is 25.9 Å². The van der Waals surface area contributed by atoms with Crippen molar-refractivity contribution >= 4 is 68.7 Å². The van der Waals surface area contributed by atoms with E-state index in [4.69, 9.17) is 37.1 Å². The molecule has 0 radical (unpaired) electrons. The van der Waals surface area contributed by atoms with Gasteiger partial charge in [0.2, 0.25) is 17.6 Å². The van der Waals surface area contributed by atoms with Gasteiger partial charge in [-0.2, -0.15) is 0 Å². The lowest BCUT2D eigenvalue weighted by atomic mass is 9.85. The lowest BCUT2D eigenvalue weighted by molar-refractivity contribution is -0.142. The van der Waals surface area contributed by atoms with Crippen LogP contribution in [-0.2, 0) is 16.1 Å². The summed E-state index contributed by atoms with van der Waals surface area (Å²) in [4.78, 5) is 51.1. The number of aryl methyl sites for hydroxylation is 1. The lowest BCUT2D eigenvalue weighted by Crippen LogP contribution is -2.56. The van der Waals surface area contributed by atoms with Gasteiger partial charge in [-0.3, -0.25) is 14.6 Å². The number of likely N-dealkylation sites (tertiary alicyclic amines) is 1. The molecule has 1 unspecified atom stereocenters. The molecule has 4 N–H and O–H groups in total. The highest BCUT2D eigenvalue weighted by Gasteiger charge is 2.43. The molecule has 0 bridgehead atoms. The van der Waals surface area contributed by atoms with Gasteiger partial charge in [0.1, 0.15) is 6.04 Å². The van der Waals surface area contributed by atoms with Crippen LogP contribution in [0.5, 0.6) is 11.5 Å². The highest BCUT2D eigenvalue weighted by Crippen LogP contribution is 2.40. The number of β-amino-alcohol motifs (C(OH)–C–C–N with tert-alkyl or cyclic N) is 1. The number of hydrogen-bond donors (Lipinski definition) is 4. The van der Waals surface area contributed by atoms with E-state index in [0.29, 0.717) is 58.0 Å². The number of aliphatic hydroxyl groups excluding tert-OH is 1. The standard InChI is InChI=1S/C44H52Cl2N6O7S/c1-26-40(60-25-50-26)28-13-11-27(12-14-28)21-49-42(55)34-19-29(53)24-52(34)43(56)41(44(2,3)4)48-17-9-7-6-8-10-18-58-39-35(57-5)16-15-30-33(20-36(54)59-38(30)39)51-37-31(45)22-47-23-32(37)46/h11-16,20,22-23,25,29,34,41,48,53H,6-10,17-19,21,24H2,1-5H3,(H,47,51)(H,49,55)/t29-,34+,41?/m1/s1. The van der Waals surface area contributed by atoms with Crippen LogP contribution in [0.1, 0.15) is 70.6 Å². The highest BCUT2D eigenvalue weighted by atomic mass is 35.5. The molecule has 6 rings (SSSR count). The predicted octanol–water partition coefficient (Wildman–Crippen LogP) is 8.29. The van der Waals surface area contributed by atoms with E-state index in [-0.39, 0.29) is 30.4 Å². The van der Waals surface area contributed by atoms with Crippen molar-refractivity contribution in [2.75, 3.05) is 32.1 Å². The Bertz CT molecular complexity index is 2310. The molecule has 2 amide bonds. The van der Waals surface area contributed by atoms with Crippen molar-refractivity contribution in [1.29, 1.82) is 0 Å². The monoisotopic (exact) mass is 878 g/mol. The van der Waals surface area contributed by atoms with Gasteiger partial charge >= 0.3 is 5.63 Å². The van der Waals surface area contributed by atoms with E-state index in [9.17, 15) is 19.5 Å². The number of thiazole rings is 1. The van der Waals surface area contributed by atoms with Gasteiger partial charge in [0.15, 0.2) is 11.3 Å². The van der Waals surface area contributed by atoms with Gasteiger partial charge in [0.05, 0.1) is 63.4 Å². The summed E-state index contributed by atoms with van der Waals surface area (Å²) in [5.41, 5.74) is 4.89. The van der Waals surface area contributed by atoms with Crippen molar-refractivity contribution in [2.24, 2.45) is 5.41 Å². The van der Waals surface area contributed by atoms with Gasteiger partial charge in [0.25, 0.3) is 0 Å². The van der Waals surface area contributed by atoms with Crippen LogP contribution < -0.4 is 31.0 Å². The van der Waals surface area contributed by atoms with Crippen molar-refractivity contribution in [2.45, 2.75) is 91.0 Å². The summed E-state index contributed by atoms with van der Waals surface area (Å²) in [7, 11) is 1.52. The Balaban J connectivity index is 0.966. The van der Waals surface area contributed by atoms with Crippen LogP contribution in [0.2, 0.25) is 10.0 Å². The number of amides is 2. The molecular weight excluding hydrogens is 827 g/mol. The summed E-state index contributed by atoms with van der Waals surface area (Å²) in [6.07, 6.45) is 6.68. The number of nitrogens with zero attached hydrogens (tertiary/aromatic N) is 3. The third-order valence-electron chi connectivity index (χ3n) is 10.5. The van der Waals surface area contributed by atoms with E-state index in [1.54, 1.807) is 23.5 Å². The average molecular weight is 880 g/mol. The number of ether oxygens (including phenoxy) is 2. The number of aliphatic hydroxyl groups is 1. The third kappa shape index (κ3) is 11.0. The summed E-state index contributed by atoms with van der Waals surface area (Å²) >= 11 is 14.2. The number of hydrogen-bond acceptors (Lipinski definition) is 12. The zero-order valence-electron chi connectivity index (χ0n) is 34.5. The lowest BCUT2D eigenvalue weighted by Gasteiger charge is -2.35. The topological polar surface area (TPSA) is 168 Å². The van der Waals surface area contributed by atoms with Gasteiger partial charge < -0.3 is 39.8 Å². The fourth-order valence-electron chi connectivity index (χ4n) is 7.32. The van der Waals surface area contributed by atoms with Gasteiger partial charge in [-0.05, 0) is 55.0 Å². The van der Waals surface area contributed by atoms with E-state index < -0.39 is 29.2 Å². The number of aromatic nitrogens is 2. The second-order valence-corrected chi connectivity index (χ2v) is 17.7. The number of fused-ring (bicyclic) bond motifs is 1. The normalized spacial score (nSPS) is 15.9. The Hall–Kier alpha value is -4.73. The Kier molecular flexibility index (Phi) is 15.1. The maximum atomic E-state index is 14.0. The molecule has 60 heavy (non-hydrogen) atoms. The summed E-state index contributed by atoms with van der Waals surface area (Å²) in [5, 5.41) is 21.4. The van der Waals surface area contributed by atoms with Crippen LogP contribution in [0.15, 0.2) is 69.6 Å². The molecule has 1 fully saturated rings. The van der Waals surface area contributed by atoms with Crippen molar-refractivity contribution in [3.8, 4) is 21.9 Å². The maximum Gasteiger partial charge on any atom is 0.338 e. The van der Waals surface area contributed by atoms with E-state index >= 15 is 0 Å². The predicted molar refractivity (Wildman–Crippen MR) is 237 cm³/mol. The summed E-state index contributed by atoms with van der Waals surface area (Å²) in [6, 6.07) is 11.5. The minimum Gasteiger partial charge on any atom is -0.493 e. The van der Waals surface area contributed by atoms with Crippen LogP contribution in [0, 0.1) is 12.3 Å². The Morgan fingerprint density at radius 1 is 1.05 bits per heavy atom. The largest absolute Gasteiger partial charge is 0.493 e. The zero-order chi connectivity index (χ0) is 43.0. The molecule has 2 aromatic carbocycles. The molecule has 3 aromatic heterocycles. The number of halogens is 2. The number of benzene rings is 2. The molecule has 0 saturated carbocycles. The van der Waals surface area contributed by atoms with Gasteiger partial charge in [-0.25, -0.2) is 9.78 Å². The fourth-order valence-corrected chi connectivity index (χ4v) is 8.59. The summed E-state index contributed by atoms with van der Waals surface area (Å²) in [6.45, 7) is 9.40. The molecule has 1 aliphatic heterocycles. The number of nitrogens with one attached hydrogen (secondary N) is 3. The van der Waals surface area contributed by atoms with Crippen LogP contribution in [0.3, 0.4) is 0 Å². The first-order chi connectivity index (χ1) is 28.7. The zero-order valence-corrected chi connectivity index (χ0v) is 36.8. The van der Waals surface area contributed by atoms with E-state index in [1.807, 2.05) is 57.5 Å². The van der Waals surface area contributed by atoms with Gasteiger partial charge in [-0.15, -0.1) is 11.3 Å². The van der Waals surface area contributed by atoms with Crippen molar-refractivity contribution in [1.82, 2.24) is 25.5 Å². The average Bonchev–Trinajstić information content (AvgIpc) is 3.83. The molecule has 320 valence electrons. The number of anilines is 2. The minimum absolute atomic E-state index is 0.111. The first kappa shape index (κ1) is 44.8. The number of pyridine rings is 1. The van der Waals surface area contributed by atoms with Crippen LogP contribution in [-0.4, -0.2) is 76.8 Å². The van der Waals surface area contributed by atoms with Crippen LogP contribution >= 0.6 is 34.5 Å². The van der Waals surface area contributed by atoms with Crippen molar-refractivity contribution in [3.63, 3.8) is 0 Å². The molecule has 1 aliphatic rings. The summed E-state index contributed by atoms with van der Waals surface area (Å²) < 4.78 is 17.3. The number of methoxy groups -OCH3 is 1. The second-order valence-electron chi connectivity index (χ2n) is 16.0. The Labute approximate surface area is 363 Å². The van der Waals surface area contributed by atoms with E-state index in [1.165, 1.54) is 30.5 Å². The van der Waals surface area contributed by atoms with Gasteiger partial charge in [-0.1, -0.05) is 87.5 Å². The molecule has 1 saturated heterocycles. The first-order valence-corrected chi connectivity index (χ1v) is 21.7. The highest BCUT2D eigenvalue weighted by molar-refractivity contribution is 7.13. The molecule has 16 heteroatoms. The molecule has 13 nitrogen and oxygen atoms in total. The van der Waals surface area contributed by atoms with Crippen LogP contribution in [0.25, 0.3) is 21.4 Å². The number of carbonyl (C=O) groups is 2. The smallest absolute Gasteiger partial charge is 0.338 e. The summed E-state index contributed by atoms with van der Waals surface area (Å²) in [5.74, 6) is 0.285. The number of carbonyl (C=O) groups excluding carboxylic acids is 2. The molecule has 3 atom stereocenters.